The smallest absolute Gasteiger partial charge is 0.0788 e. The quantitative estimate of drug-likeness (QED) is 0.158. The summed E-state index contributed by atoms with van der Waals surface area (Å²) in [5.41, 5.74) is 9.76. The molecule has 0 saturated carbocycles. The Morgan fingerprint density at radius 3 is 1.61 bits per heavy atom. The molecule has 254 valence electrons. The van der Waals surface area contributed by atoms with Crippen molar-refractivity contribution in [2.24, 2.45) is 0 Å². The van der Waals surface area contributed by atoms with Crippen molar-refractivity contribution in [2.45, 2.75) is 6.42 Å². The molecular weight excluding hydrogens is 672 g/mol. The minimum atomic E-state index is -0.831. The van der Waals surface area contributed by atoms with Crippen LogP contribution in [0.3, 0.4) is 0 Å². The molecule has 0 bridgehead atoms. The number of nitrogens with zero attached hydrogens (tertiary/aromatic N) is 2. The van der Waals surface area contributed by atoms with Crippen molar-refractivity contribution in [3.8, 4) is 11.4 Å². The van der Waals surface area contributed by atoms with E-state index in [1.54, 1.807) is 0 Å². The number of fused-ring (bicyclic) bond motifs is 9. The van der Waals surface area contributed by atoms with Gasteiger partial charge in [-0.2, -0.15) is 0 Å². The molecule has 1 atom stereocenters. The van der Waals surface area contributed by atoms with Gasteiger partial charge in [-0.3, -0.25) is 0 Å². The van der Waals surface area contributed by atoms with Crippen LogP contribution >= 0.6 is 7.92 Å². The molecule has 2 heterocycles. The van der Waals surface area contributed by atoms with Gasteiger partial charge in [0.25, 0.3) is 0 Å². The van der Waals surface area contributed by atoms with E-state index >= 15 is 0 Å². The second-order valence-electron chi connectivity index (χ2n) is 14.1. The lowest BCUT2D eigenvalue weighted by Gasteiger charge is -2.22. The van der Waals surface area contributed by atoms with Crippen molar-refractivity contribution >= 4 is 90.4 Å². The Labute approximate surface area is 315 Å². The minimum absolute atomic E-state index is 0.831. The SMILES string of the molecule is C1=Cc2ccc(P(c3ccc(-n4c5ccccc5c5ccc6c7ccccc7n(-c7ccccc7)c6c54)cc3)c3ccc4ccccc4c3)cc2C=CC1. The standard InChI is InChI=1S/C51H35N2P/c1-3-13-35-23-27-42(33-37(35)15-4-1)54(43-28-24-36-14-7-8-16-38(36)34-43)41-29-25-40(26-30-41)53-49-22-12-10-20-45(49)47-32-31-46-44-19-9-11-21-48(44)52(50(46)51(47)53)39-17-5-2-6-18-39/h2-34H,1H2. The fourth-order valence-corrected chi connectivity index (χ4v) is 10.9. The van der Waals surface area contributed by atoms with Gasteiger partial charge in [0.15, 0.2) is 0 Å². The first-order valence-corrected chi connectivity index (χ1v) is 20.0. The molecule has 8 aromatic carbocycles. The third-order valence-electron chi connectivity index (χ3n) is 11.0. The molecule has 0 aliphatic heterocycles. The van der Waals surface area contributed by atoms with Gasteiger partial charge in [0, 0.05) is 32.9 Å². The fraction of sp³-hybridized carbons (Fsp3) is 0.0196. The third kappa shape index (κ3) is 4.92. The van der Waals surface area contributed by atoms with Crippen LogP contribution in [0.15, 0.2) is 188 Å². The van der Waals surface area contributed by atoms with Crippen LogP contribution in [0.25, 0.3) is 77.9 Å². The van der Waals surface area contributed by atoms with Crippen molar-refractivity contribution in [1.29, 1.82) is 0 Å². The highest BCUT2D eigenvalue weighted by atomic mass is 31.1. The Hall–Kier alpha value is -6.47. The van der Waals surface area contributed by atoms with E-state index in [1.807, 2.05) is 0 Å². The molecule has 1 aliphatic rings. The second-order valence-corrected chi connectivity index (χ2v) is 16.4. The normalized spacial score (nSPS) is 13.3. The molecule has 0 N–H and O–H groups in total. The topological polar surface area (TPSA) is 9.86 Å². The van der Waals surface area contributed by atoms with Crippen LogP contribution in [0.5, 0.6) is 0 Å². The lowest BCUT2D eigenvalue weighted by atomic mass is 10.1. The maximum absolute atomic E-state index is 2.49. The largest absolute Gasteiger partial charge is 0.307 e. The average molecular weight is 707 g/mol. The van der Waals surface area contributed by atoms with Gasteiger partial charge in [0.1, 0.15) is 0 Å². The maximum Gasteiger partial charge on any atom is 0.0788 e. The van der Waals surface area contributed by atoms with Crippen LogP contribution in [0.1, 0.15) is 17.5 Å². The molecule has 1 aliphatic carbocycles. The summed E-state index contributed by atoms with van der Waals surface area (Å²) in [5.74, 6) is 0. The second kappa shape index (κ2) is 12.6. The van der Waals surface area contributed by atoms with Crippen LogP contribution in [-0.4, -0.2) is 9.13 Å². The molecular formula is C51H35N2P. The maximum atomic E-state index is 2.49. The monoisotopic (exact) mass is 706 g/mol. The molecule has 3 heteroatoms. The lowest BCUT2D eigenvalue weighted by molar-refractivity contribution is 1.15. The van der Waals surface area contributed by atoms with Crippen LogP contribution in [0.4, 0.5) is 0 Å². The summed E-state index contributed by atoms with van der Waals surface area (Å²) in [6, 6.07) is 65.4. The number of benzene rings is 8. The van der Waals surface area contributed by atoms with E-state index < -0.39 is 7.92 Å². The Kier molecular flexibility index (Phi) is 7.25. The Balaban J connectivity index is 1.15. The van der Waals surface area contributed by atoms with E-state index in [0.717, 1.165) is 17.8 Å². The van der Waals surface area contributed by atoms with Crippen LogP contribution in [-0.2, 0) is 0 Å². The molecule has 2 aromatic heterocycles. The van der Waals surface area contributed by atoms with Gasteiger partial charge in [0.05, 0.1) is 22.1 Å². The number of aromatic nitrogens is 2. The van der Waals surface area contributed by atoms with E-state index in [4.69, 9.17) is 0 Å². The summed E-state index contributed by atoms with van der Waals surface area (Å²) in [6.45, 7) is 0. The summed E-state index contributed by atoms with van der Waals surface area (Å²) in [7, 11) is -0.831. The highest BCUT2D eigenvalue weighted by Gasteiger charge is 2.22. The molecule has 0 fully saturated rings. The van der Waals surface area contributed by atoms with E-state index in [2.05, 4.69) is 209 Å². The Morgan fingerprint density at radius 1 is 0.370 bits per heavy atom. The zero-order valence-corrected chi connectivity index (χ0v) is 30.5. The summed E-state index contributed by atoms with van der Waals surface area (Å²) in [4.78, 5) is 0. The van der Waals surface area contributed by atoms with Crippen molar-refractivity contribution in [2.75, 3.05) is 0 Å². The highest BCUT2D eigenvalue weighted by Crippen LogP contribution is 2.42. The van der Waals surface area contributed by atoms with Gasteiger partial charge in [-0.25, -0.2) is 0 Å². The number of allylic oxidation sites excluding steroid dienone is 2. The predicted octanol–water partition coefficient (Wildman–Crippen LogP) is 12.2. The Morgan fingerprint density at radius 2 is 0.907 bits per heavy atom. The highest BCUT2D eigenvalue weighted by molar-refractivity contribution is 7.79. The first-order valence-electron chi connectivity index (χ1n) is 18.7. The molecule has 10 aromatic rings. The van der Waals surface area contributed by atoms with Gasteiger partial charge in [0.2, 0.25) is 0 Å². The number of hydrogen-bond acceptors (Lipinski definition) is 0. The summed E-state index contributed by atoms with van der Waals surface area (Å²) in [6.07, 6.45) is 10.0. The molecule has 2 nitrogen and oxygen atoms in total. The molecule has 0 amide bonds. The Bertz CT molecular complexity index is 3120. The van der Waals surface area contributed by atoms with E-state index in [0.29, 0.717) is 0 Å². The van der Waals surface area contributed by atoms with Crippen molar-refractivity contribution in [3.63, 3.8) is 0 Å². The van der Waals surface area contributed by atoms with Gasteiger partial charge in [-0.15, -0.1) is 0 Å². The number of hydrogen-bond donors (Lipinski definition) is 0. The van der Waals surface area contributed by atoms with Gasteiger partial charge in [-0.05, 0) is 101 Å². The van der Waals surface area contributed by atoms with Gasteiger partial charge >= 0.3 is 0 Å². The van der Waals surface area contributed by atoms with Crippen LogP contribution in [0.2, 0.25) is 0 Å². The van der Waals surface area contributed by atoms with Crippen molar-refractivity contribution < 1.29 is 0 Å². The fourth-order valence-electron chi connectivity index (χ4n) is 8.59. The number of para-hydroxylation sites is 3. The van der Waals surface area contributed by atoms with Crippen molar-refractivity contribution in [3.05, 3.63) is 199 Å². The molecule has 0 saturated heterocycles. The van der Waals surface area contributed by atoms with Gasteiger partial charge in [-0.1, -0.05) is 152 Å². The zero-order valence-electron chi connectivity index (χ0n) is 29.6. The number of rotatable bonds is 5. The molecule has 11 rings (SSSR count). The predicted molar refractivity (Wildman–Crippen MR) is 234 cm³/mol. The first-order chi connectivity index (χ1) is 26.8. The van der Waals surface area contributed by atoms with Crippen LogP contribution < -0.4 is 15.9 Å². The first kappa shape index (κ1) is 31.1. The van der Waals surface area contributed by atoms with E-state index in [1.165, 1.54) is 81.4 Å². The molecule has 0 radical (unpaired) electrons. The van der Waals surface area contributed by atoms with Crippen molar-refractivity contribution in [1.82, 2.24) is 9.13 Å². The van der Waals surface area contributed by atoms with Crippen LogP contribution in [0, 0.1) is 0 Å². The average Bonchev–Trinajstić information content (AvgIpc) is 3.64. The van der Waals surface area contributed by atoms with Gasteiger partial charge < -0.3 is 9.13 Å². The zero-order chi connectivity index (χ0) is 35.6. The summed E-state index contributed by atoms with van der Waals surface area (Å²) in [5, 5.41) is 11.6. The van der Waals surface area contributed by atoms with E-state index in [9.17, 15) is 0 Å². The summed E-state index contributed by atoms with van der Waals surface area (Å²) >= 11 is 0. The minimum Gasteiger partial charge on any atom is -0.307 e. The third-order valence-corrected chi connectivity index (χ3v) is 13.4. The summed E-state index contributed by atoms with van der Waals surface area (Å²) < 4.78 is 4.95. The molecule has 1 unspecified atom stereocenters. The molecule has 0 spiro atoms. The lowest BCUT2D eigenvalue weighted by Crippen LogP contribution is -2.21. The molecule has 54 heavy (non-hydrogen) atoms. The van der Waals surface area contributed by atoms with E-state index in [-0.39, 0.29) is 0 Å².